The molecule has 0 bridgehead atoms. The number of nitrogens with two attached hydrogens (primary N) is 1. The van der Waals surface area contributed by atoms with E-state index >= 15 is 0 Å². The Labute approximate surface area is 219 Å². The second-order valence-electron chi connectivity index (χ2n) is 7.93. The summed E-state index contributed by atoms with van der Waals surface area (Å²) in [5, 5.41) is 2.55. The highest BCUT2D eigenvalue weighted by Gasteiger charge is 2.36. The van der Waals surface area contributed by atoms with Crippen LogP contribution >= 0.6 is 7.82 Å². The van der Waals surface area contributed by atoms with Gasteiger partial charge in [0.15, 0.2) is 6.23 Å². The maximum absolute atomic E-state index is 13.9. The quantitative estimate of drug-likeness (QED) is 0.179. The maximum Gasteiger partial charge on any atom is 0.589 e. The topological polar surface area (TPSA) is 126 Å². The van der Waals surface area contributed by atoms with E-state index in [4.69, 9.17) is 24.0 Å². The Hall–Kier alpha value is -4.59. The molecule has 0 heterocycles. The first-order valence-corrected chi connectivity index (χ1v) is 13.0. The molecule has 0 aliphatic carbocycles. The number of hydrogen-bond donors (Lipinski definition) is 2. The third kappa shape index (κ3) is 7.70. The molecule has 4 aromatic rings. The molecule has 0 saturated heterocycles. The molecule has 1 atom stereocenters. The third-order valence-electron chi connectivity index (χ3n) is 5.11. The van der Waals surface area contributed by atoms with Gasteiger partial charge in [0.2, 0.25) is 5.91 Å². The SMILES string of the molecule is NC(=O)c1ccc([C@@H](NC(=O)OCc2ccccc2)OP(=O)(Oc2ccccc2)Oc2ccccc2)cc1. The van der Waals surface area contributed by atoms with Crippen molar-refractivity contribution in [3.05, 3.63) is 132 Å². The van der Waals surface area contributed by atoms with Gasteiger partial charge in [-0.3, -0.25) is 10.1 Å². The lowest BCUT2D eigenvalue weighted by Crippen LogP contribution is -2.31. The van der Waals surface area contributed by atoms with Crippen molar-refractivity contribution in [3.63, 3.8) is 0 Å². The van der Waals surface area contributed by atoms with E-state index < -0.39 is 26.1 Å². The molecule has 0 saturated carbocycles. The highest BCUT2D eigenvalue weighted by atomic mass is 31.2. The summed E-state index contributed by atoms with van der Waals surface area (Å²) in [4.78, 5) is 24.3. The maximum atomic E-state index is 13.9. The van der Waals surface area contributed by atoms with Crippen LogP contribution in [-0.2, 0) is 20.4 Å². The molecule has 0 aliphatic rings. The van der Waals surface area contributed by atoms with Gasteiger partial charge in [-0.25, -0.2) is 13.9 Å². The van der Waals surface area contributed by atoms with E-state index in [1.807, 2.05) is 18.2 Å². The van der Waals surface area contributed by atoms with E-state index in [2.05, 4.69) is 5.32 Å². The van der Waals surface area contributed by atoms with E-state index in [0.29, 0.717) is 5.56 Å². The number of para-hydroxylation sites is 2. The van der Waals surface area contributed by atoms with Crippen LogP contribution in [0.1, 0.15) is 27.7 Å². The van der Waals surface area contributed by atoms with Crippen molar-refractivity contribution in [2.75, 3.05) is 0 Å². The van der Waals surface area contributed by atoms with Gasteiger partial charge in [0.25, 0.3) is 0 Å². The Morgan fingerprint density at radius 1 is 0.737 bits per heavy atom. The number of hydrogen-bond acceptors (Lipinski definition) is 7. The van der Waals surface area contributed by atoms with Crippen LogP contribution in [0.25, 0.3) is 0 Å². The van der Waals surface area contributed by atoms with Crippen molar-refractivity contribution in [2.24, 2.45) is 5.73 Å². The normalized spacial score (nSPS) is 11.7. The molecule has 0 aliphatic heterocycles. The lowest BCUT2D eigenvalue weighted by atomic mass is 10.1. The van der Waals surface area contributed by atoms with Gasteiger partial charge >= 0.3 is 13.9 Å². The van der Waals surface area contributed by atoms with Gasteiger partial charge in [-0.2, -0.15) is 0 Å². The van der Waals surface area contributed by atoms with Gasteiger partial charge < -0.3 is 19.5 Å². The minimum atomic E-state index is -4.41. The van der Waals surface area contributed by atoms with Crippen LogP contribution in [0.4, 0.5) is 4.79 Å². The predicted molar refractivity (Wildman–Crippen MR) is 140 cm³/mol. The summed E-state index contributed by atoms with van der Waals surface area (Å²) in [7, 11) is -4.41. The van der Waals surface area contributed by atoms with Gasteiger partial charge in [0.05, 0.1) is 0 Å². The molecule has 9 nitrogen and oxygen atoms in total. The zero-order valence-electron chi connectivity index (χ0n) is 20.1. The number of rotatable bonds is 11. The monoisotopic (exact) mass is 532 g/mol. The fraction of sp³-hybridized carbons (Fsp3) is 0.0714. The van der Waals surface area contributed by atoms with Gasteiger partial charge in [0, 0.05) is 11.1 Å². The highest BCUT2D eigenvalue weighted by molar-refractivity contribution is 7.49. The molecule has 4 rings (SSSR count). The lowest BCUT2D eigenvalue weighted by Gasteiger charge is -2.25. The summed E-state index contributed by atoms with van der Waals surface area (Å²) in [5.41, 5.74) is 6.69. The van der Waals surface area contributed by atoms with Crippen molar-refractivity contribution < 1.29 is 32.5 Å². The summed E-state index contributed by atoms with van der Waals surface area (Å²) in [6.07, 6.45) is -2.19. The Bertz CT molecular complexity index is 1340. The molecule has 0 aromatic heterocycles. The molecule has 38 heavy (non-hydrogen) atoms. The van der Waals surface area contributed by atoms with Gasteiger partial charge in [-0.05, 0) is 42.0 Å². The summed E-state index contributed by atoms with van der Waals surface area (Å²) < 4.78 is 36.4. The zero-order chi connectivity index (χ0) is 26.8. The van der Waals surface area contributed by atoms with E-state index in [0.717, 1.165) is 5.56 Å². The van der Waals surface area contributed by atoms with Crippen molar-refractivity contribution in [2.45, 2.75) is 12.8 Å². The fourth-order valence-electron chi connectivity index (χ4n) is 3.28. The highest BCUT2D eigenvalue weighted by Crippen LogP contribution is 2.52. The Morgan fingerprint density at radius 2 is 1.24 bits per heavy atom. The van der Waals surface area contributed by atoms with Gasteiger partial charge in [0.1, 0.15) is 18.1 Å². The number of amides is 2. The van der Waals surface area contributed by atoms with Crippen molar-refractivity contribution >= 4 is 19.8 Å². The van der Waals surface area contributed by atoms with Crippen molar-refractivity contribution in [1.82, 2.24) is 5.32 Å². The molecule has 2 amide bonds. The second kappa shape index (κ2) is 12.6. The number of nitrogens with one attached hydrogen (secondary N) is 1. The van der Waals surface area contributed by atoms with Crippen LogP contribution in [-0.4, -0.2) is 12.0 Å². The molecular formula is C28H25N2O7P. The summed E-state index contributed by atoms with van der Waals surface area (Å²) in [6, 6.07) is 31.7. The fourth-order valence-corrected chi connectivity index (χ4v) is 4.59. The number of phosphoric acid groups is 1. The first-order valence-electron chi connectivity index (χ1n) is 11.5. The first-order chi connectivity index (χ1) is 18.4. The number of primary amides is 1. The van der Waals surface area contributed by atoms with Crippen molar-refractivity contribution in [1.29, 1.82) is 0 Å². The standard InChI is InChI=1S/C28H25N2O7P/c29-26(31)22-16-18-23(19-17-22)27(30-28(32)34-20-21-10-4-1-5-11-21)37-38(33,35-24-12-6-2-7-13-24)36-25-14-8-3-9-15-25/h1-19,27H,20H2,(H2,29,31)(H,30,32)/t27-/m0/s1. The van der Waals surface area contributed by atoms with Gasteiger partial charge in [-0.1, -0.05) is 78.9 Å². The molecular weight excluding hydrogens is 507 g/mol. The molecule has 194 valence electrons. The smallest absolute Gasteiger partial charge is 0.445 e. The molecule has 0 radical (unpaired) electrons. The average molecular weight is 532 g/mol. The second-order valence-corrected chi connectivity index (χ2v) is 9.40. The van der Waals surface area contributed by atoms with E-state index in [-0.39, 0.29) is 23.7 Å². The van der Waals surface area contributed by atoms with Crippen LogP contribution in [0.3, 0.4) is 0 Å². The van der Waals surface area contributed by atoms with Crippen LogP contribution in [0, 0.1) is 0 Å². The lowest BCUT2D eigenvalue weighted by molar-refractivity contribution is 0.0888. The molecule has 10 heteroatoms. The third-order valence-corrected chi connectivity index (χ3v) is 6.45. The van der Waals surface area contributed by atoms with Crippen molar-refractivity contribution in [3.8, 4) is 11.5 Å². The Balaban J connectivity index is 1.60. The Kier molecular flexibility index (Phi) is 8.77. The summed E-state index contributed by atoms with van der Waals surface area (Å²) >= 11 is 0. The van der Waals surface area contributed by atoms with E-state index in [9.17, 15) is 14.2 Å². The minimum absolute atomic E-state index is 0.00129. The van der Waals surface area contributed by atoms with Crippen LogP contribution in [0.5, 0.6) is 11.5 Å². The summed E-state index contributed by atoms with van der Waals surface area (Å²) in [5.74, 6) is -0.183. The number of carbonyl (C=O) groups excluding carboxylic acids is 2. The Morgan fingerprint density at radius 3 is 1.74 bits per heavy atom. The number of benzene rings is 4. The van der Waals surface area contributed by atoms with E-state index in [1.54, 1.807) is 72.8 Å². The first kappa shape index (κ1) is 26.5. The number of alkyl carbamates (subject to hydrolysis) is 1. The van der Waals surface area contributed by atoms with Crippen LogP contribution in [0.15, 0.2) is 115 Å². The van der Waals surface area contributed by atoms with Gasteiger partial charge in [-0.15, -0.1) is 0 Å². The molecule has 0 spiro atoms. The van der Waals surface area contributed by atoms with Crippen LogP contribution < -0.4 is 20.1 Å². The largest absolute Gasteiger partial charge is 0.589 e. The number of phosphoric ester groups is 1. The zero-order valence-corrected chi connectivity index (χ0v) is 21.0. The van der Waals surface area contributed by atoms with E-state index in [1.165, 1.54) is 24.3 Å². The molecule has 3 N–H and O–H groups in total. The molecule has 4 aromatic carbocycles. The average Bonchev–Trinajstić information content (AvgIpc) is 2.93. The number of ether oxygens (including phenoxy) is 1. The predicted octanol–water partition coefficient (Wildman–Crippen LogP) is 5.99. The minimum Gasteiger partial charge on any atom is -0.445 e. The van der Waals surface area contributed by atoms with Crippen LogP contribution in [0.2, 0.25) is 0 Å². The molecule has 0 fully saturated rings. The summed E-state index contributed by atoms with van der Waals surface area (Å²) in [6.45, 7) is -0.00129. The molecule has 0 unspecified atom stereocenters. The number of carbonyl (C=O) groups is 2.